The number of hydrogen-bond acceptors (Lipinski definition) is 7. The summed E-state index contributed by atoms with van der Waals surface area (Å²) in [6, 6.07) is 11.7. The zero-order valence-corrected chi connectivity index (χ0v) is 18.0. The van der Waals surface area contributed by atoms with Crippen LogP contribution in [0.3, 0.4) is 0 Å². The molecule has 0 atom stereocenters. The van der Waals surface area contributed by atoms with Gasteiger partial charge in [-0.3, -0.25) is 4.79 Å². The molecule has 8 heteroatoms. The Labute approximate surface area is 180 Å². The number of carbonyl (C=O) groups is 1. The van der Waals surface area contributed by atoms with E-state index < -0.39 is 0 Å². The van der Waals surface area contributed by atoms with E-state index in [0.29, 0.717) is 35.1 Å². The van der Waals surface area contributed by atoms with Gasteiger partial charge in [-0.1, -0.05) is 49.4 Å². The van der Waals surface area contributed by atoms with Crippen molar-refractivity contribution >= 4 is 17.5 Å². The maximum Gasteiger partial charge on any atom is 0.230 e. The van der Waals surface area contributed by atoms with Crippen molar-refractivity contribution in [2.45, 2.75) is 51.3 Å². The van der Waals surface area contributed by atoms with Crippen LogP contribution in [0, 0.1) is 0 Å². The molecular formula is C22H26N4O3S. The van der Waals surface area contributed by atoms with E-state index in [9.17, 15) is 9.90 Å². The number of aryl methyl sites for hydroxylation is 1. The molecule has 0 aliphatic rings. The minimum absolute atomic E-state index is 0.0379. The van der Waals surface area contributed by atoms with Crippen molar-refractivity contribution in [1.29, 1.82) is 0 Å². The average molecular weight is 427 g/mol. The number of aromatic nitrogens is 4. The molecule has 2 aromatic carbocycles. The smallest absolute Gasteiger partial charge is 0.230 e. The van der Waals surface area contributed by atoms with Crippen molar-refractivity contribution in [3.63, 3.8) is 0 Å². The molecule has 3 aromatic rings. The molecule has 0 radical (unpaired) electrons. The number of tetrazole rings is 1. The van der Waals surface area contributed by atoms with Crippen LogP contribution in [0.5, 0.6) is 11.5 Å². The summed E-state index contributed by atoms with van der Waals surface area (Å²) in [6.07, 6.45) is 3.51. The third-order valence-electron chi connectivity index (χ3n) is 4.70. The van der Waals surface area contributed by atoms with Crippen molar-refractivity contribution < 1.29 is 14.6 Å². The highest BCUT2D eigenvalue weighted by atomic mass is 32.2. The van der Waals surface area contributed by atoms with Crippen LogP contribution < -0.4 is 4.74 Å². The number of rotatable bonds is 11. The summed E-state index contributed by atoms with van der Waals surface area (Å²) in [7, 11) is 0. The second kappa shape index (κ2) is 10.8. The van der Waals surface area contributed by atoms with Gasteiger partial charge in [0.2, 0.25) is 5.16 Å². The van der Waals surface area contributed by atoms with Gasteiger partial charge in [-0.25, -0.2) is 0 Å². The van der Waals surface area contributed by atoms with Crippen LogP contribution in [0.15, 0.2) is 41.6 Å². The molecule has 3 rings (SSSR count). The van der Waals surface area contributed by atoms with Crippen LogP contribution in [-0.2, 0) is 19.4 Å². The molecule has 0 aliphatic carbocycles. The van der Waals surface area contributed by atoms with Gasteiger partial charge in [0.05, 0.1) is 5.56 Å². The maximum atomic E-state index is 11.7. The topological polar surface area (TPSA) is 101 Å². The van der Waals surface area contributed by atoms with E-state index in [1.54, 1.807) is 23.9 Å². The van der Waals surface area contributed by atoms with E-state index in [4.69, 9.17) is 4.74 Å². The molecule has 0 saturated carbocycles. The number of aromatic amines is 1. The van der Waals surface area contributed by atoms with Crippen molar-refractivity contribution in [2.24, 2.45) is 0 Å². The predicted octanol–water partition coefficient (Wildman–Crippen LogP) is 4.36. The summed E-state index contributed by atoms with van der Waals surface area (Å²) in [6.45, 7) is 3.89. The highest BCUT2D eigenvalue weighted by Crippen LogP contribution is 2.33. The van der Waals surface area contributed by atoms with Crippen LogP contribution in [-0.4, -0.2) is 37.3 Å². The molecule has 0 unspecified atom stereocenters. The van der Waals surface area contributed by atoms with Crippen molar-refractivity contribution in [3.8, 4) is 11.5 Å². The molecule has 158 valence electrons. The molecule has 7 nitrogen and oxygen atoms in total. The molecule has 0 amide bonds. The Morgan fingerprint density at radius 2 is 1.90 bits per heavy atom. The van der Waals surface area contributed by atoms with E-state index in [1.165, 1.54) is 12.5 Å². The van der Waals surface area contributed by atoms with Crippen molar-refractivity contribution in [3.05, 3.63) is 58.7 Å². The molecule has 30 heavy (non-hydrogen) atoms. The Hall–Kier alpha value is -2.87. The second-order valence-corrected chi connectivity index (χ2v) is 8.06. The van der Waals surface area contributed by atoms with Crippen LogP contribution >= 0.6 is 11.8 Å². The SMILES string of the molecule is CCCc1c(OCc2ccc(CCCSc3nn[nH]n3)cc2)ccc(C(C)=O)c1O. The van der Waals surface area contributed by atoms with E-state index in [2.05, 4.69) is 44.9 Å². The number of phenols is 1. The minimum Gasteiger partial charge on any atom is -0.507 e. The van der Waals surface area contributed by atoms with Gasteiger partial charge in [0.15, 0.2) is 5.78 Å². The van der Waals surface area contributed by atoms with E-state index >= 15 is 0 Å². The van der Waals surface area contributed by atoms with Gasteiger partial charge in [0.25, 0.3) is 0 Å². The second-order valence-electron chi connectivity index (χ2n) is 7.00. The Kier molecular flexibility index (Phi) is 7.84. The Morgan fingerprint density at radius 3 is 2.57 bits per heavy atom. The number of ketones is 1. The lowest BCUT2D eigenvalue weighted by molar-refractivity contribution is 0.101. The molecule has 2 N–H and O–H groups in total. The number of thioether (sulfide) groups is 1. The summed E-state index contributed by atoms with van der Waals surface area (Å²) in [5.74, 6) is 1.45. The van der Waals surface area contributed by atoms with Crippen LogP contribution in [0.25, 0.3) is 0 Å². The first kappa shape index (κ1) is 21.8. The summed E-state index contributed by atoms with van der Waals surface area (Å²) < 4.78 is 5.97. The molecule has 1 aromatic heterocycles. The van der Waals surface area contributed by atoms with Gasteiger partial charge in [-0.2, -0.15) is 5.21 Å². The zero-order chi connectivity index (χ0) is 21.3. The van der Waals surface area contributed by atoms with Crippen molar-refractivity contribution in [1.82, 2.24) is 20.6 Å². The fourth-order valence-electron chi connectivity index (χ4n) is 3.15. The molecule has 1 heterocycles. The number of H-pyrrole nitrogens is 1. The standard InChI is InChI=1S/C22H26N4O3S/c1-3-5-19-20(12-11-18(15(2)27)21(19)28)29-14-17-9-7-16(8-10-17)6-4-13-30-22-23-25-26-24-22/h7-12,28H,3-6,13-14H2,1-2H3,(H,23,24,25,26). The minimum atomic E-state index is -0.150. The zero-order valence-electron chi connectivity index (χ0n) is 17.2. The third-order valence-corrected chi connectivity index (χ3v) is 5.63. The first-order valence-electron chi connectivity index (χ1n) is 10.0. The van der Waals surface area contributed by atoms with Crippen LogP contribution in [0.2, 0.25) is 0 Å². The summed E-state index contributed by atoms with van der Waals surface area (Å²) in [5.41, 5.74) is 3.36. The van der Waals surface area contributed by atoms with Gasteiger partial charge < -0.3 is 9.84 Å². The number of ether oxygens (including phenoxy) is 1. The summed E-state index contributed by atoms with van der Waals surface area (Å²) in [5, 5.41) is 25.0. The predicted molar refractivity (Wildman–Crippen MR) is 116 cm³/mol. The van der Waals surface area contributed by atoms with Gasteiger partial charge in [0.1, 0.15) is 18.1 Å². The normalized spacial score (nSPS) is 10.9. The van der Waals surface area contributed by atoms with E-state index in [-0.39, 0.29) is 11.5 Å². The first-order chi connectivity index (χ1) is 14.6. The maximum absolute atomic E-state index is 11.7. The fourth-order valence-corrected chi connectivity index (χ4v) is 3.82. The van der Waals surface area contributed by atoms with Gasteiger partial charge >= 0.3 is 0 Å². The van der Waals surface area contributed by atoms with Gasteiger partial charge in [0, 0.05) is 11.3 Å². The summed E-state index contributed by atoms with van der Waals surface area (Å²) in [4.78, 5) is 11.7. The number of Topliss-reactive ketones (excluding diaryl/α,β-unsaturated/α-hetero) is 1. The lowest BCUT2D eigenvalue weighted by atomic mass is 10.0. The number of nitrogens with one attached hydrogen (secondary N) is 1. The first-order valence-corrected chi connectivity index (χ1v) is 11.0. The lowest BCUT2D eigenvalue weighted by Crippen LogP contribution is -2.02. The molecule has 0 spiro atoms. The molecule has 0 fully saturated rings. The highest BCUT2D eigenvalue weighted by Gasteiger charge is 2.16. The molecule has 0 aliphatic heterocycles. The van der Waals surface area contributed by atoms with Gasteiger partial charge in [-0.15, -0.1) is 10.2 Å². The van der Waals surface area contributed by atoms with Gasteiger partial charge in [-0.05, 0) is 54.7 Å². The summed E-state index contributed by atoms with van der Waals surface area (Å²) >= 11 is 1.59. The van der Waals surface area contributed by atoms with E-state index in [0.717, 1.165) is 30.6 Å². The number of hydrogen-bond donors (Lipinski definition) is 2. The number of nitrogens with zero attached hydrogens (tertiary/aromatic N) is 3. The molecular weight excluding hydrogens is 400 g/mol. The number of carbonyl (C=O) groups excluding carboxylic acids is 1. The Bertz CT molecular complexity index is 959. The lowest BCUT2D eigenvalue weighted by Gasteiger charge is -2.15. The Morgan fingerprint density at radius 1 is 1.13 bits per heavy atom. The third kappa shape index (κ3) is 5.82. The number of benzene rings is 2. The van der Waals surface area contributed by atoms with Crippen LogP contribution in [0.1, 0.15) is 53.7 Å². The Balaban J connectivity index is 1.54. The fraction of sp³-hybridized carbons (Fsp3) is 0.364. The monoisotopic (exact) mass is 426 g/mol. The average Bonchev–Trinajstić information content (AvgIpc) is 3.26. The molecule has 0 bridgehead atoms. The van der Waals surface area contributed by atoms with E-state index in [1.807, 2.05) is 6.92 Å². The number of phenolic OH excluding ortho intramolecular Hbond substituents is 1. The quantitative estimate of drug-likeness (QED) is 0.267. The highest BCUT2D eigenvalue weighted by molar-refractivity contribution is 7.99. The van der Waals surface area contributed by atoms with Crippen molar-refractivity contribution in [2.75, 3.05) is 5.75 Å². The largest absolute Gasteiger partial charge is 0.507 e. The van der Waals surface area contributed by atoms with Crippen LogP contribution in [0.4, 0.5) is 0 Å². The number of aromatic hydroxyl groups is 1. The molecule has 0 saturated heterocycles.